The van der Waals surface area contributed by atoms with E-state index < -0.39 is 0 Å². The van der Waals surface area contributed by atoms with Crippen LogP contribution in [0.5, 0.6) is 0 Å². The monoisotopic (exact) mass is 170 g/mol. The van der Waals surface area contributed by atoms with Crippen molar-refractivity contribution in [1.29, 1.82) is 0 Å². The summed E-state index contributed by atoms with van der Waals surface area (Å²) in [5.74, 6) is 0.641. The molecule has 0 amide bonds. The highest BCUT2D eigenvalue weighted by molar-refractivity contribution is 4.92. The summed E-state index contributed by atoms with van der Waals surface area (Å²) < 4.78 is 5.79. The minimum atomic E-state index is -0.0666. The number of hydrogen-bond donors (Lipinski definition) is 2. The molecule has 3 unspecified atom stereocenters. The fraction of sp³-hybridized carbons (Fsp3) is 1.00. The van der Waals surface area contributed by atoms with Crippen molar-refractivity contribution in [2.45, 2.75) is 32.0 Å². The summed E-state index contributed by atoms with van der Waals surface area (Å²) in [7, 11) is 0. The maximum absolute atomic E-state index is 5.79. The number of ether oxygens (including phenoxy) is 1. The van der Waals surface area contributed by atoms with E-state index in [0.29, 0.717) is 12.0 Å². The van der Waals surface area contributed by atoms with Crippen molar-refractivity contribution in [3.05, 3.63) is 0 Å². The van der Waals surface area contributed by atoms with Crippen LogP contribution >= 0.6 is 0 Å². The summed E-state index contributed by atoms with van der Waals surface area (Å²) in [5.41, 5.74) is -0.0666. The van der Waals surface area contributed by atoms with Crippen LogP contribution in [-0.4, -0.2) is 31.5 Å². The van der Waals surface area contributed by atoms with Gasteiger partial charge < -0.3 is 10.1 Å². The van der Waals surface area contributed by atoms with Gasteiger partial charge in [-0.2, -0.15) is 0 Å². The van der Waals surface area contributed by atoms with Crippen LogP contribution in [0.2, 0.25) is 0 Å². The molecule has 3 heteroatoms. The molecule has 0 spiro atoms. The van der Waals surface area contributed by atoms with Gasteiger partial charge in [-0.3, -0.25) is 5.32 Å². The summed E-state index contributed by atoms with van der Waals surface area (Å²) in [6, 6.07) is 0.510. The third-order valence-electron chi connectivity index (χ3n) is 3.01. The predicted molar refractivity (Wildman–Crippen MR) is 47.9 cm³/mol. The first-order chi connectivity index (χ1) is 5.71. The van der Waals surface area contributed by atoms with Gasteiger partial charge in [0.15, 0.2) is 0 Å². The first-order valence-corrected chi connectivity index (χ1v) is 4.83. The summed E-state index contributed by atoms with van der Waals surface area (Å²) >= 11 is 0. The zero-order valence-electron chi connectivity index (χ0n) is 7.89. The third kappa shape index (κ3) is 1.37. The fourth-order valence-electron chi connectivity index (χ4n) is 2.23. The van der Waals surface area contributed by atoms with Gasteiger partial charge in [-0.15, -0.1) is 0 Å². The Bertz CT molecular complexity index is 168. The van der Waals surface area contributed by atoms with Gasteiger partial charge >= 0.3 is 0 Å². The lowest BCUT2D eigenvalue weighted by Gasteiger charge is -2.30. The molecule has 0 radical (unpaired) electrons. The molecule has 2 fully saturated rings. The van der Waals surface area contributed by atoms with Gasteiger partial charge in [-0.25, -0.2) is 0 Å². The first kappa shape index (κ1) is 8.48. The van der Waals surface area contributed by atoms with E-state index in [0.717, 1.165) is 19.7 Å². The van der Waals surface area contributed by atoms with Crippen LogP contribution in [0, 0.1) is 5.92 Å². The lowest BCUT2D eigenvalue weighted by Crippen LogP contribution is -2.47. The van der Waals surface area contributed by atoms with Crippen molar-refractivity contribution >= 4 is 0 Å². The van der Waals surface area contributed by atoms with Crippen LogP contribution in [-0.2, 0) is 4.74 Å². The van der Waals surface area contributed by atoms with Crippen LogP contribution in [0.3, 0.4) is 0 Å². The third-order valence-corrected chi connectivity index (χ3v) is 3.01. The highest BCUT2D eigenvalue weighted by Crippen LogP contribution is 2.28. The van der Waals surface area contributed by atoms with Crippen LogP contribution in [0.4, 0.5) is 0 Å². The maximum atomic E-state index is 5.79. The lowest BCUT2D eigenvalue weighted by molar-refractivity contribution is -0.0365. The minimum absolute atomic E-state index is 0.0666. The zero-order chi connectivity index (χ0) is 8.60. The second-order valence-electron chi connectivity index (χ2n) is 4.15. The van der Waals surface area contributed by atoms with Crippen molar-refractivity contribution in [3.8, 4) is 0 Å². The molecule has 0 aliphatic carbocycles. The standard InChI is InChI=1S/C9H18N2O/c1-7-6-12-9(2,11-7)8-3-4-10-5-8/h7-8,10-11H,3-6H2,1-2H3. The molecule has 2 saturated heterocycles. The normalized spacial score (nSPS) is 48.5. The van der Waals surface area contributed by atoms with E-state index >= 15 is 0 Å². The minimum Gasteiger partial charge on any atom is -0.359 e. The van der Waals surface area contributed by atoms with E-state index in [4.69, 9.17) is 4.74 Å². The molecule has 2 heterocycles. The van der Waals surface area contributed by atoms with Crippen LogP contribution in [0.15, 0.2) is 0 Å². The maximum Gasteiger partial charge on any atom is 0.120 e. The molecule has 2 aliphatic heterocycles. The van der Waals surface area contributed by atoms with Crippen LogP contribution in [0.25, 0.3) is 0 Å². The highest BCUT2D eigenvalue weighted by atomic mass is 16.5. The van der Waals surface area contributed by atoms with E-state index in [-0.39, 0.29) is 5.72 Å². The molecule has 2 rings (SSSR count). The average Bonchev–Trinajstić information content (AvgIpc) is 2.59. The van der Waals surface area contributed by atoms with Gasteiger partial charge in [-0.05, 0) is 26.8 Å². The van der Waals surface area contributed by atoms with Crippen molar-refractivity contribution in [3.63, 3.8) is 0 Å². The topological polar surface area (TPSA) is 33.3 Å². The van der Waals surface area contributed by atoms with E-state index in [2.05, 4.69) is 24.5 Å². The Kier molecular flexibility index (Phi) is 2.10. The molecule has 0 bridgehead atoms. The van der Waals surface area contributed by atoms with Crippen molar-refractivity contribution in [2.75, 3.05) is 19.7 Å². The molecule has 12 heavy (non-hydrogen) atoms. The van der Waals surface area contributed by atoms with E-state index in [9.17, 15) is 0 Å². The molecule has 3 atom stereocenters. The van der Waals surface area contributed by atoms with Gasteiger partial charge in [-0.1, -0.05) is 0 Å². The van der Waals surface area contributed by atoms with Gasteiger partial charge in [0.05, 0.1) is 6.61 Å². The summed E-state index contributed by atoms with van der Waals surface area (Å²) in [6.45, 7) is 7.44. The molecule has 2 N–H and O–H groups in total. The van der Waals surface area contributed by atoms with Crippen molar-refractivity contribution < 1.29 is 4.74 Å². The van der Waals surface area contributed by atoms with Gasteiger partial charge in [0, 0.05) is 18.5 Å². The fourth-order valence-corrected chi connectivity index (χ4v) is 2.23. The molecular formula is C9H18N2O. The molecular weight excluding hydrogens is 152 g/mol. The Hall–Kier alpha value is -0.120. The van der Waals surface area contributed by atoms with Crippen LogP contribution in [0.1, 0.15) is 20.3 Å². The Morgan fingerprint density at radius 3 is 2.83 bits per heavy atom. The molecule has 0 aromatic heterocycles. The summed E-state index contributed by atoms with van der Waals surface area (Å²) in [4.78, 5) is 0. The quantitative estimate of drug-likeness (QED) is 0.594. The van der Waals surface area contributed by atoms with E-state index in [1.54, 1.807) is 0 Å². The second kappa shape index (κ2) is 2.98. The molecule has 70 valence electrons. The van der Waals surface area contributed by atoms with Gasteiger partial charge in [0.2, 0.25) is 0 Å². The van der Waals surface area contributed by atoms with Gasteiger partial charge in [0.1, 0.15) is 5.72 Å². The molecule has 0 saturated carbocycles. The molecule has 3 nitrogen and oxygen atoms in total. The highest BCUT2D eigenvalue weighted by Gasteiger charge is 2.41. The second-order valence-corrected chi connectivity index (χ2v) is 4.15. The lowest BCUT2D eigenvalue weighted by atomic mass is 9.96. The Labute approximate surface area is 73.9 Å². The van der Waals surface area contributed by atoms with E-state index in [1.165, 1.54) is 6.42 Å². The largest absolute Gasteiger partial charge is 0.359 e. The Balaban J connectivity index is 2.00. The Morgan fingerprint density at radius 2 is 2.33 bits per heavy atom. The first-order valence-electron chi connectivity index (χ1n) is 4.83. The van der Waals surface area contributed by atoms with Gasteiger partial charge in [0.25, 0.3) is 0 Å². The van der Waals surface area contributed by atoms with Crippen molar-refractivity contribution in [1.82, 2.24) is 10.6 Å². The molecule has 2 aliphatic rings. The van der Waals surface area contributed by atoms with Crippen molar-refractivity contribution in [2.24, 2.45) is 5.92 Å². The number of hydrogen-bond acceptors (Lipinski definition) is 3. The van der Waals surface area contributed by atoms with Crippen LogP contribution < -0.4 is 10.6 Å². The SMILES string of the molecule is CC1COC(C)(C2CCNC2)N1. The average molecular weight is 170 g/mol. The Morgan fingerprint density at radius 1 is 1.50 bits per heavy atom. The molecule has 0 aromatic carbocycles. The number of rotatable bonds is 1. The summed E-state index contributed by atoms with van der Waals surface area (Å²) in [6.07, 6.45) is 1.23. The number of nitrogens with one attached hydrogen (secondary N) is 2. The smallest absolute Gasteiger partial charge is 0.120 e. The van der Waals surface area contributed by atoms with E-state index in [1.807, 2.05) is 0 Å². The summed E-state index contributed by atoms with van der Waals surface area (Å²) in [5, 5.41) is 6.88. The predicted octanol–water partition coefficient (Wildman–Crippen LogP) is 0.320. The molecule has 0 aromatic rings. The zero-order valence-corrected chi connectivity index (χ0v) is 7.89.